The number of ether oxygens (including phenoxy) is 2. The Morgan fingerprint density at radius 3 is 1.86 bits per heavy atom. The molecule has 0 spiro atoms. The van der Waals surface area contributed by atoms with Crippen LogP contribution in [0.5, 0.6) is 0 Å². The van der Waals surface area contributed by atoms with Crippen LogP contribution in [-0.4, -0.2) is 103 Å². The molecular formula is C33H41N3O10S3. The topological polar surface area (TPSA) is 181 Å². The lowest BCUT2D eigenvalue weighted by molar-refractivity contribution is -0.203. The zero-order chi connectivity index (χ0) is 35.9. The number of hydrogen-bond donors (Lipinski definition) is 2. The molecule has 0 radical (unpaired) electrons. The standard InChI is InChI=1S/C33H41N3O10S3/c1-22(2)45-16-28(20-48(41,42)18-24-9-10-31-27(13-24)11-12-47-31)35(39)32(37)33(38)36(40)29(17-46-23(3)4)21-49(43,44)19-25-14-26-7-5-6-8-30(26)34-15-25/h5-15,22-23,28-29,39-40H,16-21H2,1-4H3/t28-,29-/m0/s1. The molecule has 0 bridgehead atoms. The van der Waals surface area contributed by atoms with Gasteiger partial charge in [0.15, 0.2) is 19.7 Å². The van der Waals surface area contributed by atoms with E-state index in [9.17, 15) is 36.8 Å². The van der Waals surface area contributed by atoms with Crippen LogP contribution in [0.2, 0.25) is 0 Å². The Morgan fingerprint density at radius 2 is 1.29 bits per heavy atom. The summed E-state index contributed by atoms with van der Waals surface area (Å²) in [6.07, 6.45) is 0.578. The van der Waals surface area contributed by atoms with Crippen molar-refractivity contribution in [3.05, 3.63) is 77.3 Å². The van der Waals surface area contributed by atoms with Crippen LogP contribution < -0.4 is 0 Å². The van der Waals surface area contributed by atoms with Crippen LogP contribution in [0.4, 0.5) is 0 Å². The molecular weight excluding hydrogens is 695 g/mol. The number of nitrogens with zero attached hydrogens (tertiary/aromatic N) is 3. The highest BCUT2D eigenvalue weighted by Crippen LogP contribution is 2.23. The van der Waals surface area contributed by atoms with E-state index in [4.69, 9.17) is 9.47 Å². The number of sulfone groups is 2. The van der Waals surface area contributed by atoms with Crippen molar-refractivity contribution in [3.8, 4) is 0 Å². The lowest BCUT2D eigenvalue weighted by atomic mass is 10.2. The molecule has 4 aromatic rings. The Hall–Kier alpha value is -3.51. The predicted molar refractivity (Wildman–Crippen MR) is 186 cm³/mol. The molecule has 2 aromatic heterocycles. The molecule has 0 aliphatic carbocycles. The first-order valence-corrected chi connectivity index (χ1v) is 20.0. The third kappa shape index (κ3) is 11.0. The summed E-state index contributed by atoms with van der Waals surface area (Å²) in [4.78, 5) is 30.7. The van der Waals surface area contributed by atoms with Gasteiger partial charge >= 0.3 is 11.8 Å². The number of thiophene rings is 1. The van der Waals surface area contributed by atoms with Crippen LogP contribution >= 0.6 is 11.3 Å². The highest BCUT2D eigenvalue weighted by Gasteiger charge is 2.38. The molecule has 4 rings (SSSR count). The molecule has 2 N–H and O–H groups in total. The van der Waals surface area contributed by atoms with Crippen molar-refractivity contribution in [3.63, 3.8) is 0 Å². The van der Waals surface area contributed by atoms with Crippen LogP contribution in [-0.2, 0) is 50.2 Å². The Bertz CT molecular complexity index is 1980. The van der Waals surface area contributed by atoms with Gasteiger partial charge in [0.1, 0.15) is 0 Å². The molecule has 0 aliphatic rings. The van der Waals surface area contributed by atoms with E-state index >= 15 is 0 Å². The molecule has 2 heterocycles. The summed E-state index contributed by atoms with van der Waals surface area (Å²) in [5.74, 6) is -5.81. The van der Waals surface area contributed by atoms with Gasteiger partial charge in [-0.05, 0) is 79.9 Å². The Balaban J connectivity index is 1.49. The molecule has 16 heteroatoms. The zero-order valence-electron chi connectivity index (χ0n) is 27.6. The fraction of sp³-hybridized carbons (Fsp3) is 0.424. The van der Waals surface area contributed by atoms with E-state index in [0.717, 1.165) is 15.5 Å². The minimum absolute atomic E-state index is 0.0802. The number of hydroxylamine groups is 4. The van der Waals surface area contributed by atoms with E-state index in [1.807, 2.05) is 11.4 Å². The summed E-state index contributed by atoms with van der Waals surface area (Å²) in [6, 6.07) is 12.8. The van der Waals surface area contributed by atoms with Crippen LogP contribution in [0.3, 0.4) is 0 Å². The minimum atomic E-state index is -4.03. The van der Waals surface area contributed by atoms with Crippen LogP contribution in [0.15, 0.2) is 66.2 Å². The van der Waals surface area contributed by atoms with E-state index in [1.54, 1.807) is 76.2 Å². The highest BCUT2D eigenvalue weighted by molar-refractivity contribution is 7.90. The molecule has 0 saturated heterocycles. The monoisotopic (exact) mass is 735 g/mol. The summed E-state index contributed by atoms with van der Waals surface area (Å²) >= 11 is 1.51. The van der Waals surface area contributed by atoms with Gasteiger partial charge in [-0.3, -0.25) is 25.0 Å². The largest absolute Gasteiger partial charge is 0.377 e. The van der Waals surface area contributed by atoms with Crippen LogP contribution in [0.25, 0.3) is 21.0 Å². The number of pyridine rings is 1. The molecule has 2 amide bonds. The lowest BCUT2D eigenvalue weighted by Crippen LogP contribution is -2.54. The molecule has 49 heavy (non-hydrogen) atoms. The van der Waals surface area contributed by atoms with Crippen LogP contribution in [0, 0.1) is 0 Å². The Morgan fingerprint density at radius 1 is 0.755 bits per heavy atom. The Kier molecular flexibility index (Phi) is 12.9. The number of aromatic nitrogens is 1. The van der Waals surface area contributed by atoms with Gasteiger partial charge in [0, 0.05) is 16.3 Å². The molecule has 13 nitrogen and oxygen atoms in total. The summed E-state index contributed by atoms with van der Waals surface area (Å²) in [5, 5.41) is 25.1. The zero-order valence-corrected chi connectivity index (χ0v) is 30.1. The highest BCUT2D eigenvalue weighted by atomic mass is 32.2. The van der Waals surface area contributed by atoms with Gasteiger partial charge in [0.2, 0.25) is 0 Å². The van der Waals surface area contributed by atoms with Crippen molar-refractivity contribution in [2.45, 2.75) is 63.5 Å². The molecule has 266 valence electrons. The number of hydrogen-bond acceptors (Lipinski definition) is 12. The molecule has 0 fully saturated rings. The van der Waals surface area contributed by atoms with Crippen molar-refractivity contribution in [2.24, 2.45) is 0 Å². The number of carbonyl (C=O) groups is 2. The molecule has 0 unspecified atom stereocenters. The first-order chi connectivity index (χ1) is 23.0. The van der Waals surface area contributed by atoms with E-state index in [-0.39, 0.29) is 10.1 Å². The maximum Gasteiger partial charge on any atom is 0.338 e. The number of rotatable bonds is 16. The molecule has 0 aliphatic heterocycles. The summed E-state index contributed by atoms with van der Waals surface area (Å²) in [7, 11) is -8.02. The average molecular weight is 736 g/mol. The second kappa shape index (κ2) is 16.5. The van der Waals surface area contributed by atoms with Gasteiger partial charge in [-0.15, -0.1) is 11.3 Å². The maximum atomic E-state index is 13.3. The summed E-state index contributed by atoms with van der Waals surface area (Å²) < 4.78 is 65.1. The first kappa shape index (κ1) is 38.3. The molecule has 2 aromatic carbocycles. The normalized spacial score (nSPS) is 13.6. The lowest BCUT2D eigenvalue weighted by Gasteiger charge is -2.30. The van der Waals surface area contributed by atoms with E-state index in [1.165, 1.54) is 17.5 Å². The van der Waals surface area contributed by atoms with Gasteiger partial charge in [-0.25, -0.2) is 27.0 Å². The van der Waals surface area contributed by atoms with Crippen molar-refractivity contribution in [1.82, 2.24) is 15.1 Å². The predicted octanol–water partition coefficient (Wildman–Crippen LogP) is 4.00. The number of benzene rings is 2. The van der Waals surface area contributed by atoms with Crippen molar-refractivity contribution < 1.29 is 46.3 Å². The van der Waals surface area contributed by atoms with Crippen molar-refractivity contribution in [2.75, 3.05) is 24.7 Å². The van der Waals surface area contributed by atoms with E-state index < -0.39 is 92.0 Å². The first-order valence-electron chi connectivity index (χ1n) is 15.5. The molecule has 2 atom stereocenters. The number of carbonyl (C=O) groups excluding carboxylic acids is 2. The fourth-order valence-electron chi connectivity index (χ4n) is 5.03. The number of para-hydroxylation sites is 1. The maximum absolute atomic E-state index is 13.3. The number of fused-ring (bicyclic) bond motifs is 2. The quantitative estimate of drug-likeness (QED) is 0.0965. The van der Waals surface area contributed by atoms with E-state index in [2.05, 4.69) is 4.98 Å². The van der Waals surface area contributed by atoms with Gasteiger partial charge in [-0.2, -0.15) is 0 Å². The Labute approximate surface area is 289 Å². The van der Waals surface area contributed by atoms with E-state index in [0.29, 0.717) is 16.6 Å². The SMILES string of the molecule is CC(C)OC[C@@H](CS(=O)(=O)Cc1cnc2ccccc2c1)N(O)C(=O)C(=O)N(O)[C@@H](COC(C)C)CS(=O)(=O)Cc1ccc2sccc2c1. The average Bonchev–Trinajstić information content (AvgIpc) is 3.51. The molecule has 0 saturated carbocycles. The fourth-order valence-corrected chi connectivity index (χ4v) is 9.03. The van der Waals surface area contributed by atoms with Crippen molar-refractivity contribution >= 4 is 63.8 Å². The second-order valence-electron chi connectivity index (χ2n) is 12.3. The van der Waals surface area contributed by atoms with Gasteiger partial charge in [0.05, 0.1) is 66.0 Å². The number of amides is 2. The smallest absolute Gasteiger partial charge is 0.338 e. The van der Waals surface area contributed by atoms with Gasteiger partial charge in [0.25, 0.3) is 0 Å². The van der Waals surface area contributed by atoms with Crippen molar-refractivity contribution in [1.29, 1.82) is 0 Å². The minimum Gasteiger partial charge on any atom is -0.377 e. The third-order valence-electron chi connectivity index (χ3n) is 7.36. The summed E-state index contributed by atoms with van der Waals surface area (Å²) in [5.41, 5.74) is 1.55. The van der Waals surface area contributed by atoms with Gasteiger partial charge in [-0.1, -0.05) is 24.3 Å². The van der Waals surface area contributed by atoms with Crippen LogP contribution in [0.1, 0.15) is 38.8 Å². The van der Waals surface area contributed by atoms with Gasteiger partial charge < -0.3 is 9.47 Å². The summed E-state index contributed by atoms with van der Waals surface area (Å²) in [6.45, 7) is 5.74. The second-order valence-corrected chi connectivity index (χ2v) is 17.5. The third-order valence-corrected chi connectivity index (χ3v) is 11.6.